The van der Waals surface area contributed by atoms with E-state index in [2.05, 4.69) is 13.8 Å². The van der Waals surface area contributed by atoms with Gasteiger partial charge in [0.2, 0.25) is 0 Å². The van der Waals surface area contributed by atoms with E-state index in [1.165, 1.54) is 83.5 Å². The van der Waals surface area contributed by atoms with E-state index in [0.717, 1.165) is 38.5 Å². The summed E-state index contributed by atoms with van der Waals surface area (Å²) >= 11 is 0. The van der Waals surface area contributed by atoms with Gasteiger partial charge in [-0.15, -0.1) is 0 Å². The number of carbonyl (C=O) groups excluding carboxylic acids is 2. The van der Waals surface area contributed by atoms with Crippen molar-refractivity contribution in [1.29, 1.82) is 0 Å². The fourth-order valence-corrected chi connectivity index (χ4v) is 5.31. The van der Waals surface area contributed by atoms with E-state index >= 15 is 0 Å². The summed E-state index contributed by atoms with van der Waals surface area (Å²) in [6.45, 7) is 5.65. The molecule has 9 nitrogen and oxygen atoms in total. The Hall–Kier alpha value is -1.26. The average molecular weight is 617 g/mol. The maximum absolute atomic E-state index is 12.6. The Morgan fingerprint density at radius 2 is 1.05 bits per heavy atom. The molecule has 6 atom stereocenters. The maximum Gasteiger partial charge on any atom is 0.306 e. The molecular weight excluding hydrogens is 552 g/mol. The van der Waals surface area contributed by atoms with Crippen molar-refractivity contribution >= 4 is 11.9 Å². The maximum atomic E-state index is 12.6. The normalized spacial score (nSPS) is 22.8. The number of hydrogen-bond acceptors (Lipinski definition) is 9. The highest BCUT2D eigenvalue weighted by Crippen LogP contribution is 2.22. The van der Waals surface area contributed by atoms with Crippen LogP contribution in [-0.2, 0) is 28.5 Å². The van der Waals surface area contributed by atoms with Gasteiger partial charge in [0.1, 0.15) is 24.9 Å². The molecule has 1 aliphatic rings. The molecule has 1 aliphatic heterocycles. The van der Waals surface area contributed by atoms with Crippen LogP contribution in [0.1, 0.15) is 156 Å². The van der Waals surface area contributed by atoms with Gasteiger partial charge in [0.25, 0.3) is 0 Å². The quantitative estimate of drug-likeness (QED) is 0.0697. The molecular formula is C34H64O9. The Balaban J connectivity index is 2.40. The second kappa shape index (κ2) is 26.0. The van der Waals surface area contributed by atoms with Crippen LogP contribution in [0, 0.1) is 0 Å². The van der Waals surface area contributed by atoms with Crippen molar-refractivity contribution < 1.29 is 43.9 Å². The zero-order valence-electron chi connectivity index (χ0n) is 27.5. The number of carbonyl (C=O) groups is 2. The summed E-state index contributed by atoms with van der Waals surface area (Å²) in [5.74, 6) is -0.739. The monoisotopic (exact) mass is 616 g/mol. The molecule has 1 rings (SSSR count). The molecule has 1 heterocycles. The van der Waals surface area contributed by atoms with Crippen LogP contribution in [0.2, 0.25) is 0 Å². The predicted octanol–water partition coefficient (Wildman–Crippen LogP) is 6.52. The summed E-state index contributed by atoms with van der Waals surface area (Å²) in [5, 5.41) is 30.2. The van der Waals surface area contributed by atoms with Crippen molar-refractivity contribution in [2.45, 2.75) is 192 Å². The molecule has 0 saturated carbocycles. The highest BCUT2D eigenvalue weighted by molar-refractivity contribution is 5.70. The Labute approximate surface area is 261 Å². The SMILES string of the molecule is CCCCCCCCCCCCC(=O)O[C@H](COC(=O)CCCCCCCCCCC)CO[C@@H]1O[C@H](C)[C@H](O)[C@H](O)[C@H]1O. The summed E-state index contributed by atoms with van der Waals surface area (Å²) < 4.78 is 22.1. The lowest BCUT2D eigenvalue weighted by Gasteiger charge is -2.39. The van der Waals surface area contributed by atoms with Gasteiger partial charge in [0, 0.05) is 12.8 Å². The van der Waals surface area contributed by atoms with Gasteiger partial charge in [0.05, 0.1) is 12.7 Å². The van der Waals surface area contributed by atoms with Gasteiger partial charge in [-0.25, -0.2) is 0 Å². The number of rotatable bonds is 27. The molecule has 43 heavy (non-hydrogen) atoms. The van der Waals surface area contributed by atoms with Crippen LogP contribution in [0.3, 0.4) is 0 Å². The minimum atomic E-state index is -1.47. The van der Waals surface area contributed by atoms with Gasteiger partial charge in [-0.2, -0.15) is 0 Å². The molecule has 0 aromatic rings. The van der Waals surface area contributed by atoms with Gasteiger partial charge in [-0.1, -0.05) is 123 Å². The molecule has 1 fully saturated rings. The average Bonchev–Trinajstić information content (AvgIpc) is 2.99. The summed E-state index contributed by atoms with van der Waals surface area (Å²) in [6, 6.07) is 0. The van der Waals surface area contributed by atoms with E-state index in [0.29, 0.717) is 6.42 Å². The Bertz CT molecular complexity index is 689. The molecule has 0 aromatic heterocycles. The van der Waals surface area contributed by atoms with E-state index < -0.39 is 42.8 Å². The lowest BCUT2D eigenvalue weighted by atomic mass is 10.0. The van der Waals surface area contributed by atoms with E-state index in [1.54, 1.807) is 6.92 Å². The van der Waals surface area contributed by atoms with Gasteiger partial charge in [-0.05, 0) is 19.8 Å². The standard InChI is InChI=1S/C34H64O9/c1-4-6-8-10-12-14-16-18-20-22-24-30(36)43-28(26-41-34-33(39)32(38)31(37)27(3)42-34)25-40-29(35)23-21-19-17-15-13-11-9-7-5-2/h27-28,31-34,37-39H,4-26H2,1-3H3/t27-,28-,31+,32+,33-,34-/m1/s1. The van der Waals surface area contributed by atoms with Gasteiger partial charge in [0.15, 0.2) is 12.4 Å². The molecule has 3 N–H and O–H groups in total. The minimum Gasteiger partial charge on any atom is -0.462 e. The van der Waals surface area contributed by atoms with Crippen molar-refractivity contribution in [1.82, 2.24) is 0 Å². The first-order chi connectivity index (χ1) is 20.8. The van der Waals surface area contributed by atoms with Crippen molar-refractivity contribution in [3.63, 3.8) is 0 Å². The molecule has 0 amide bonds. The van der Waals surface area contributed by atoms with E-state index in [-0.39, 0.29) is 25.6 Å². The predicted molar refractivity (Wildman–Crippen MR) is 167 cm³/mol. The van der Waals surface area contributed by atoms with Crippen molar-refractivity contribution in [3.05, 3.63) is 0 Å². The number of aliphatic hydroxyl groups is 3. The second-order valence-corrected chi connectivity index (χ2v) is 12.3. The van der Waals surface area contributed by atoms with Crippen molar-refractivity contribution in [2.24, 2.45) is 0 Å². The Morgan fingerprint density at radius 1 is 0.605 bits per heavy atom. The molecule has 0 radical (unpaired) electrons. The topological polar surface area (TPSA) is 132 Å². The van der Waals surface area contributed by atoms with Crippen LogP contribution in [0.15, 0.2) is 0 Å². The molecule has 1 saturated heterocycles. The Morgan fingerprint density at radius 3 is 1.53 bits per heavy atom. The van der Waals surface area contributed by atoms with E-state index in [9.17, 15) is 24.9 Å². The van der Waals surface area contributed by atoms with Crippen LogP contribution in [-0.4, -0.2) is 77.3 Å². The molecule has 0 aromatic carbocycles. The van der Waals surface area contributed by atoms with Crippen molar-refractivity contribution in [3.8, 4) is 0 Å². The third kappa shape index (κ3) is 19.7. The lowest BCUT2D eigenvalue weighted by Crippen LogP contribution is -2.57. The third-order valence-corrected chi connectivity index (χ3v) is 8.20. The molecule has 0 unspecified atom stereocenters. The largest absolute Gasteiger partial charge is 0.462 e. The second-order valence-electron chi connectivity index (χ2n) is 12.3. The van der Waals surface area contributed by atoms with Crippen molar-refractivity contribution in [2.75, 3.05) is 13.2 Å². The first kappa shape index (κ1) is 39.8. The lowest BCUT2D eigenvalue weighted by molar-refractivity contribution is -0.297. The van der Waals surface area contributed by atoms with Crippen LogP contribution < -0.4 is 0 Å². The van der Waals surface area contributed by atoms with Crippen LogP contribution in [0.4, 0.5) is 0 Å². The number of aliphatic hydroxyl groups excluding tert-OH is 3. The van der Waals surface area contributed by atoms with Gasteiger partial charge < -0.3 is 34.3 Å². The molecule has 0 spiro atoms. The zero-order chi connectivity index (χ0) is 31.7. The third-order valence-electron chi connectivity index (χ3n) is 8.20. The number of unbranched alkanes of at least 4 members (excludes halogenated alkanes) is 17. The van der Waals surface area contributed by atoms with E-state index in [4.69, 9.17) is 18.9 Å². The molecule has 9 heteroatoms. The molecule has 0 bridgehead atoms. The zero-order valence-corrected chi connectivity index (χ0v) is 27.5. The number of esters is 2. The minimum absolute atomic E-state index is 0.163. The summed E-state index contributed by atoms with van der Waals surface area (Å²) in [7, 11) is 0. The highest BCUT2D eigenvalue weighted by Gasteiger charge is 2.42. The Kier molecular flexibility index (Phi) is 24.0. The smallest absolute Gasteiger partial charge is 0.306 e. The summed E-state index contributed by atoms with van der Waals surface area (Å²) in [4.78, 5) is 24.9. The first-order valence-electron chi connectivity index (χ1n) is 17.5. The van der Waals surface area contributed by atoms with E-state index in [1.807, 2.05) is 0 Å². The molecule has 0 aliphatic carbocycles. The molecule has 254 valence electrons. The summed E-state index contributed by atoms with van der Waals surface area (Å²) in [5.41, 5.74) is 0. The fraction of sp³-hybridized carbons (Fsp3) is 0.941. The van der Waals surface area contributed by atoms with Gasteiger partial charge >= 0.3 is 11.9 Å². The number of ether oxygens (including phenoxy) is 4. The summed E-state index contributed by atoms with van der Waals surface area (Å²) in [6.07, 6.45) is 15.6. The number of hydrogen-bond donors (Lipinski definition) is 3. The highest BCUT2D eigenvalue weighted by atomic mass is 16.7. The van der Waals surface area contributed by atoms with Crippen LogP contribution in [0.25, 0.3) is 0 Å². The van der Waals surface area contributed by atoms with Crippen LogP contribution in [0.5, 0.6) is 0 Å². The first-order valence-corrected chi connectivity index (χ1v) is 17.5. The fourth-order valence-electron chi connectivity index (χ4n) is 5.31. The van der Waals surface area contributed by atoms with Crippen LogP contribution >= 0.6 is 0 Å². The van der Waals surface area contributed by atoms with Gasteiger partial charge in [-0.3, -0.25) is 9.59 Å².